The summed E-state index contributed by atoms with van der Waals surface area (Å²) in [7, 11) is 1.65. The Bertz CT molecular complexity index is 662. The number of methoxy groups -OCH3 is 1. The number of ether oxygens (including phenoxy) is 1. The molecule has 2 aromatic heterocycles. The van der Waals surface area contributed by atoms with Crippen LogP contribution in [0.3, 0.4) is 0 Å². The predicted molar refractivity (Wildman–Crippen MR) is 85.2 cm³/mol. The van der Waals surface area contributed by atoms with E-state index in [2.05, 4.69) is 9.97 Å². The predicted octanol–water partition coefficient (Wildman–Crippen LogP) is 3.65. The van der Waals surface area contributed by atoms with E-state index in [1.54, 1.807) is 25.6 Å². The summed E-state index contributed by atoms with van der Waals surface area (Å²) >= 11 is 12.0. The van der Waals surface area contributed by atoms with Crippen molar-refractivity contribution in [2.45, 2.75) is 26.3 Å². The monoisotopic (exact) mass is 325 g/mol. The zero-order valence-corrected chi connectivity index (χ0v) is 13.7. The number of aromatic nitrogens is 2. The first-order valence-corrected chi connectivity index (χ1v) is 7.25. The molecule has 0 aliphatic carbocycles. The summed E-state index contributed by atoms with van der Waals surface area (Å²) in [6, 6.07) is 1.29. The minimum absolute atomic E-state index is 0.353. The Hall–Kier alpha value is -1.36. The number of nitrogens with zero attached hydrogens (tertiary/aromatic N) is 2. The molecule has 1 atom stereocenters. The van der Waals surface area contributed by atoms with Gasteiger partial charge in [-0.25, -0.2) is 0 Å². The molecular formula is C15H17Cl2N3O. The molecule has 0 aromatic carbocycles. The van der Waals surface area contributed by atoms with Gasteiger partial charge >= 0.3 is 0 Å². The molecule has 0 amide bonds. The summed E-state index contributed by atoms with van der Waals surface area (Å²) in [5.41, 5.74) is 9.67. The van der Waals surface area contributed by atoms with Gasteiger partial charge in [-0.05, 0) is 19.9 Å². The lowest BCUT2D eigenvalue weighted by Crippen LogP contribution is -2.17. The fraction of sp³-hybridized carbons (Fsp3) is 0.333. The van der Waals surface area contributed by atoms with Crippen molar-refractivity contribution in [3.8, 4) is 5.75 Å². The number of aryl methyl sites for hydroxylation is 1. The van der Waals surface area contributed by atoms with Gasteiger partial charge in [-0.2, -0.15) is 0 Å². The van der Waals surface area contributed by atoms with E-state index in [1.807, 2.05) is 13.8 Å². The van der Waals surface area contributed by atoms with Gasteiger partial charge in [0.1, 0.15) is 5.75 Å². The van der Waals surface area contributed by atoms with Gasteiger partial charge in [0.2, 0.25) is 0 Å². The quantitative estimate of drug-likeness (QED) is 0.931. The van der Waals surface area contributed by atoms with Crippen LogP contribution in [0.5, 0.6) is 5.75 Å². The van der Waals surface area contributed by atoms with E-state index < -0.39 is 0 Å². The SMILES string of the molecule is COc1c(C)cnc(CC(N)c2ncc(Cl)cc2Cl)c1C. The van der Waals surface area contributed by atoms with Crippen LogP contribution in [-0.2, 0) is 6.42 Å². The third kappa shape index (κ3) is 3.46. The highest BCUT2D eigenvalue weighted by molar-refractivity contribution is 6.34. The topological polar surface area (TPSA) is 61.0 Å². The number of halogens is 2. The number of hydrogen-bond donors (Lipinski definition) is 1. The van der Waals surface area contributed by atoms with Crippen molar-refractivity contribution in [1.82, 2.24) is 9.97 Å². The molecule has 0 aliphatic rings. The van der Waals surface area contributed by atoms with Crippen molar-refractivity contribution in [3.05, 3.63) is 51.0 Å². The number of rotatable bonds is 4. The molecule has 4 nitrogen and oxygen atoms in total. The second-order valence-corrected chi connectivity index (χ2v) is 5.72. The summed E-state index contributed by atoms with van der Waals surface area (Å²) in [5.74, 6) is 0.836. The molecular weight excluding hydrogens is 309 g/mol. The summed E-state index contributed by atoms with van der Waals surface area (Å²) in [5, 5.41) is 0.953. The second-order valence-electron chi connectivity index (χ2n) is 4.88. The van der Waals surface area contributed by atoms with Crippen molar-refractivity contribution in [1.29, 1.82) is 0 Å². The van der Waals surface area contributed by atoms with E-state index in [0.29, 0.717) is 22.2 Å². The standard InChI is InChI=1S/C15H17Cl2N3O/c1-8-6-19-13(9(2)15(8)21-3)5-12(18)14-11(17)4-10(16)7-20-14/h4,6-7,12H,5,18H2,1-3H3. The number of pyridine rings is 2. The first-order chi connectivity index (χ1) is 9.93. The average Bonchev–Trinajstić information content (AvgIpc) is 2.42. The maximum atomic E-state index is 6.21. The van der Waals surface area contributed by atoms with Crippen molar-refractivity contribution in [2.75, 3.05) is 7.11 Å². The number of nitrogens with two attached hydrogens (primary N) is 1. The van der Waals surface area contributed by atoms with Crippen LogP contribution in [0.15, 0.2) is 18.5 Å². The van der Waals surface area contributed by atoms with Gasteiger partial charge < -0.3 is 10.5 Å². The lowest BCUT2D eigenvalue weighted by molar-refractivity contribution is 0.406. The Morgan fingerprint density at radius 1 is 1.24 bits per heavy atom. The van der Waals surface area contributed by atoms with Gasteiger partial charge in [-0.1, -0.05) is 23.2 Å². The Balaban J connectivity index is 2.29. The molecule has 21 heavy (non-hydrogen) atoms. The van der Waals surface area contributed by atoms with Crippen LogP contribution < -0.4 is 10.5 Å². The lowest BCUT2D eigenvalue weighted by Gasteiger charge is -2.16. The third-order valence-corrected chi connectivity index (χ3v) is 3.86. The molecule has 112 valence electrons. The summed E-state index contributed by atoms with van der Waals surface area (Å²) in [6.07, 6.45) is 3.85. The maximum absolute atomic E-state index is 6.21. The smallest absolute Gasteiger partial charge is 0.128 e. The van der Waals surface area contributed by atoms with E-state index in [1.165, 1.54) is 0 Å². The Morgan fingerprint density at radius 2 is 1.95 bits per heavy atom. The van der Waals surface area contributed by atoms with Crippen LogP contribution in [0.4, 0.5) is 0 Å². The highest BCUT2D eigenvalue weighted by Gasteiger charge is 2.17. The van der Waals surface area contributed by atoms with E-state index in [-0.39, 0.29) is 6.04 Å². The highest BCUT2D eigenvalue weighted by atomic mass is 35.5. The van der Waals surface area contributed by atoms with Gasteiger partial charge in [0, 0.05) is 35.6 Å². The molecule has 2 heterocycles. The van der Waals surface area contributed by atoms with Crippen LogP contribution in [-0.4, -0.2) is 17.1 Å². The van der Waals surface area contributed by atoms with Crippen LogP contribution in [0.1, 0.15) is 28.6 Å². The molecule has 0 fully saturated rings. The first kappa shape index (κ1) is 16.0. The van der Waals surface area contributed by atoms with Crippen molar-refractivity contribution in [3.63, 3.8) is 0 Å². The van der Waals surface area contributed by atoms with E-state index in [9.17, 15) is 0 Å². The Morgan fingerprint density at radius 3 is 2.57 bits per heavy atom. The fourth-order valence-corrected chi connectivity index (χ4v) is 2.80. The van der Waals surface area contributed by atoms with Crippen molar-refractivity contribution in [2.24, 2.45) is 5.73 Å². The maximum Gasteiger partial charge on any atom is 0.128 e. The summed E-state index contributed by atoms with van der Waals surface area (Å²) in [6.45, 7) is 3.93. The lowest BCUT2D eigenvalue weighted by atomic mass is 10.0. The Kier molecular flexibility index (Phi) is 5.04. The second kappa shape index (κ2) is 6.60. The van der Waals surface area contributed by atoms with Gasteiger partial charge in [-0.15, -0.1) is 0 Å². The van der Waals surface area contributed by atoms with Crippen LogP contribution in [0.2, 0.25) is 10.0 Å². The molecule has 0 saturated heterocycles. The van der Waals surface area contributed by atoms with Crippen LogP contribution >= 0.6 is 23.2 Å². The average molecular weight is 326 g/mol. The van der Waals surface area contributed by atoms with Crippen LogP contribution in [0, 0.1) is 13.8 Å². The summed E-state index contributed by atoms with van der Waals surface area (Å²) < 4.78 is 5.40. The zero-order chi connectivity index (χ0) is 15.6. The minimum Gasteiger partial charge on any atom is -0.496 e. The van der Waals surface area contributed by atoms with E-state index >= 15 is 0 Å². The largest absolute Gasteiger partial charge is 0.496 e. The van der Waals surface area contributed by atoms with Crippen molar-refractivity contribution >= 4 is 23.2 Å². The minimum atomic E-state index is -0.353. The highest BCUT2D eigenvalue weighted by Crippen LogP contribution is 2.28. The van der Waals surface area contributed by atoms with Gasteiger partial charge in [-0.3, -0.25) is 9.97 Å². The van der Waals surface area contributed by atoms with Gasteiger partial charge in [0.05, 0.1) is 28.9 Å². The van der Waals surface area contributed by atoms with Gasteiger partial charge in [0.15, 0.2) is 0 Å². The molecule has 6 heteroatoms. The molecule has 0 spiro atoms. The first-order valence-electron chi connectivity index (χ1n) is 6.49. The van der Waals surface area contributed by atoms with Crippen molar-refractivity contribution < 1.29 is 4.74 Å². The fourth-order valence-electron chi connectivity index (χ4n) is 2.28. The third-order valence-electron chi connectivity index (χ3n) is 3.35. The molecule has 2 N–H and O–H groups in total. The summed E-state index contributed by atoms with van der Waals surface area (Å²) in [4.78, 5) is 8.66. The number of hydrogen-bond acceptors (Lipinski definition) is 4. The van der Waals surface area contributed by atoms with E-state index in [0.717, 1.165) is 22.6 Å². The normalized spacial score (nSPS) is 12.3. The molecule has 0 bridgehead atoms. The Labute approximate surface area is 134 Å². The van der Waals surface area contributed by atoms with Crippen LogP contribution in [0.25, 0.3) is 0 Å². The zero-order valence-electron chi connectivity index (χ0n) is 12.2. The molecule has 1 unspecified atom stereocenters. The molecule has 0 radical (unpaired) electrons. The molecule has 0 aliphatic heterocycles. The molecule has 2 aromatic rings. The van der Waals surface area contributed by atoms with E-state index in [4.69, 9.17) is 33.7 Å². The molecule has 2 rings (SSSR count). The molecule has 0 saturated carbocycles. The van der Waals surface area contributed by atoms with Gasteiger partial charge in [0.25, 0.3) is 0 Å².